The Labute approximate surface area is 93.7 Å². The van der Waals surface area contributed by atoms with Crippen molar-refractivity contribution in [3.8, 4) is 0 Å². The van der Waals surface area contributed by atoms with Gasteiger partial charge >= 0.3 is 0 Å². The molecule has 2 rings (SSSR count). The lowest BCUT2D eigenvalue weighted by Gasteiger charge is -2.02. The number of nitrogens with zero attached hydrogens (tertiary/aromatic N) is 1. The molecule has 0 aliphatic carbocycles. The Morgan fingerprint density at radius 1 is 1.50 bits per heavy atom. The van der Waals surface area contributed by atoms with Crippen LogP contribution in [0.5, 0.6) is 0 Å². The van der Waals surface area contributed by atoms with Crippen LogP contribution in [0.3, 0.4) is 0 Å². The predicted octanol–water partition coefficient (Wildman–Crippen LogP) is 2.28. The van der Waals surface area contributed by atoms with Crippen molar-refractivity contribution >= 4 is 17.0 Å². The molecule has 0 saturated heterocycles. The molecule has 0 unspecified atom stereocenters. The maximum Gasteiger partial charge on any atom is 0.251 e. The van der Waals surface area contributed by atoms with Crippen molar-refractivity contribution in [2.75, 3.05) is 6.54 Å². The van der Waals surface area contributed by atoms with Gasteiger partial charge in [-0.25, -0.2) is 4.98 Å². The van der Waals surface area contributed by atoms with Gasteiger partial charge < -0.3 is 9.73 Å². The van der Waals surface area contributed by atoms with Gasteiger partial charge in [0.1, 0.15) is 5.52 Å². The first-order chi connectivity index (χ1) is 7.70. The molecule has 0 radical (unpaired) electrons. The molecule has 4 heteroatoms. The zero-order valence-electron chi connectivity index (χ0n) is 9.41. The third-order valence-electron chi connectivity index (χ3n) is 2.29. The molecule has 1 aromatic heterocycles. The van der Waals surface area contributed by atoms with Gasteiger partial charge in [0.15, 0.2) is 11.5 Å². The number of hydrogen-bond donors (Lipinski definition) is 1. The number of carbonyl (C=O) groups is 1. The van der Waals surface area contributed by atoms with Gasteiger partial charge in [0.05, 0.1) is 0 Å². The molecular weight excluding hydrogens is 204 g/mol. The zero-order valence-corrected chi connectivity index (χ0v) is 9.41. The molecule has 0 spiro atoms. The molecule has 1 heterocycles. The van der Waals surface area contributed by atoms with Crippen LogP contribution >= 0.6 is 0 Å². The number of rotatable bonds is 3. The number of aromatic nitrogens is 1. The summed E-state index contributed by atoms with van der Waals surface area (Å²) in [5.74, 6) is 0.541. The quantitative estimate of drug-likeness (QED) is 0.859. The number of nitrogens with one attached hydrogen (secondary N) is 1. The summed E-state index contributed by atoms with van der Waals surface area (Å²) in [5.41, 5.74) is 2.04. The summed E-state index contributed by atoms with van der Waals surface area (Å²) in [6.07, 6.45) is 0.926. The van der Waals surface area contributed by atoms with Gasteiger partial charge in [-0.1, -0.05) is 6.92 Å². The lowest BCUT2D eigenvalue weighted by atomic mass is 10.2. The second-order valence-corrected chi connectivity index (χ2v) is 3.67. The van der Waals surface area contributed by atoms with E-state index in [1.54, 1.807) is 25.1 Å². The SMILES string of the molecule is CCCNC(=O)c1ccc2nc(C)oc2c1. The summed E-state index contributed by atoms with van der Waals surface area (Å²) in [6.45, 7) is 4.49. The number of carbonyl (C=O) groups excluding carboxylic acids is 1. The van der Waals surface area contributed by atoms with Gasteiger partial charge in [0.2, 0.25) is 0 Å². The van der Waals surface area contributed by atoms with E-state index in [-0.39, 0.29) is 5.91 Å². The highest BCUT2D eigenvalue weighted by molar-refractivity contribution is 5.96. The summed E-state index contributed by atoms with van der Waals surface area (Å²) in [6, 6.07) is 5.28. The Balaban J connectivity index is 2.28. The standard InChI is InChI=1S/C12H14N2O2/c1-3-6-13-12(15)9-4-5-10-11(7-9)16-8(2)14-10/h4-5,7H,3,6H2,1-2H3,(H,13,15). The molecule has 4 nitrogen and oxygen atoms in total. The molecule has 1 amide bonds. The minimum atomic E-state index is -0.0715. The number of amides is 1. The van der Waals surface area contributed by atoms with E-state index >= 15 is 0 Å². The highest BCUT2D eigenvalue weighted by atomic mass is 16.3. The monoisotopic (exact) mass is 218 g/mol. The van der Waals surface area contributed by atoms with E-state index in [1.165, 1.54) is 0 Å². The summed E-state index contributed by atoms with van der Waals surface area (Å²) in [7, 11) is 0. The van der Waals surface area contributed by atoms with Crippen molar-refractivity contribution in [1.29, 1.82) is 0 Å². The molecule has 0 fully saturated rings. The summed E-state index contributed by atoms with van der Waals surface area (Å²) >= 11 is 0. The van der Waals surface area contributed by atoms with Crippen LogP contribution in [0.1, 0.15) is 29.6 Å². The molecule has 16 heavy (non-hydrogen) atoms. The molecule has 1 aromatic carbocycles. The third kappa shape index (κ3) is 2.05. The van der Waals surface area contributed by atoms with Crippen molar-refractivity contribution in [1.82, 2.24) is 10.3 Å². The van der Waals surface area contributed by atoms with Gasteiger partial charge in [-0.15, -0.1) is 0 Å². The van der Waals surface area contributed by atoms with Crippen LogP contribution in [-0.2, 0) is 0 Å². The molecule has 0 saturated carbocycles. The van der Waals surface area contributed by atoms with E-state index < -0.39 is 0 Å². The van der Waals surface area contributed by atoms with E-state index in [4.69, 9.17) is 4.42 Å². The van der Waals surface area contributed by atoms with Crippen LogP contribution in [0.2, 0.25) is 0 Å². The van der Waals surface area contributed by atoms with Crippen LogP contribution < -0.4 is 5.32 Å². The Kier molecular flexibility index (Phi) is 2.90. The molecule has 0 atom stereocenters. The van der Waals surface area contributed by atoms with Gasteiger partial charge in [-0.2, -0.15) is 0 Å². The fourth-order valence-corrected chi connectivity index (χ4v) is 1.52. The molecule has 0 aliphatic heterocycles. The fourth-order valence-electron chi connectivity index (χ4n) is 1.52. The van der Waals surface area contributed by atoms with Crippen molar-refractivity contribution in [3.63, 3.8) is 0 Å². The highest BCUT2D eigenvalue weighted by Gasteiger charge is 2.08. The maximum atomic E-state index is 11.7. The van der Waals surface area contributed by atoms with Crippen molar-refractivity contribution < 1.29 is 9.21 Å². The Bertz CT molecular complexity index is 517. The third-order valence-corrected chi connectivity index (χ3v) is 2.29. The molecule has 84 valence electrons. The van der Waals surface area contributed by atoms with E-state index in [0.717, 1.165) is 11.9 Å². The highest BCUT2D eigenvalue weighted by Crippen LogP contribution is 2.16. The van der Waals surface area contributed by atoms with Gasteiger partial charge in [-0.05, 0) is 24.6 Å². The lowest BCUT2D eigenvalue weighted by molar-refractivity contribution is 0.0953. The Morgan fingerprint density at radius 2 is 2.31 bits per heavy atom. The van der Waals surface area contributed by atoms with E-state index in [0.29, 0.717) is 23.6 Å². The normalized spacial score (nSPS) is 10.6. The van der Waals surface area contributed by atoms with Crippen molar-refractivity contribution in [2.24, 2.45) is 0 Å². The molecule has 1 N–H and O–H groups in total. The van der Waals surface area contributed by atoms with Crippen LogP contribution in [0, 0.1) is 6.92 Å². The second-order valence-electron chi connectivity index (χ2n) is 3.67. The fraction of sp³-hybridized carbons (Fsp3) is 0.333. The van der Waals surface area contributed by atoms with Crippen LogP contribution in [0.25, 0.3) is 11.1 Å². The van der Waals surface area contributed by atoms with Crippen LogP contribution in [-0.4, -0.2) is 17.4 Å². The maximum absolute atomic E-state index is 11.7. The van der Waals surface area contributed by atoms with Crippen LogP contribution in [0.4, 0.5) is 0 Å². The number of hydrogen-bond acceptors (Lipinski definition) is 3. The molecule has 0 bridgehead atoms. The predicted molar refractivity (Wildman–Crippen MR) is 61.4 cm³/mol. The summed E-state index contributed by atoms with van der Waals surface area (Å²) < 4.78 is 5.37. The summed E-state index contributed by atoms with van der Waals surface area (Å²) in [5, 5.41) is 2.82. The number of aryl methyl sites for hydroxylation is 1. The second kappa shape index (κ2) is 4.35. The zero-order chi connectivity index (χ0) is 11.5. The minimum absolute atomic E-state index is 0.0715. The van der Waals surface area contributed by atoms with Gasteiger partial charge in [0, 0.05) is 19.0 Å². The van der Waals surface area contributed by atoms with Crippen molar-refractivity contribution in [3.05, 3.63) is 29.7 Å². The summed E-state index contributed by atoms with van der Waals surface area (Å²) in [4.78, 5) is 15.9. The number of fused-ring (bicyclic) bond motifs is 1. The van der Waals surface area contributed by atoms with Crippen molar-refractivity contribution in [2.45, 2.75) is 20.3 Å². The first-order valence-corrected chi connectivity index (χ1v) is 5.36. The molecule has 0 aliphatic rings. The smallest absolute Gasteiger partial charge is 0.251 e. The van der Waals surface area contributed by atoms with Gasteiger partial charge in [0.25, 0.3) is 5.91 Å². The van der Waals surface area contributed by atoms with Gasteiger partial charge in [-0.3, -0.25) is 4.79 Å². The number of oxazole rings is 1. The van der Waals surface area contributed by atoms with Crippen LogP contribution in [0.15, 0.2) is 22.6 Å². The Morgan fingerprint density at radius 3 is 3.06 bits per heavy atom. The average Bonchev–Trinajstić information content (AvgIpc) is 2.64. The molecule has 2 aromatic rings. The van der Waals surface area contributed by atoms with E-state index in [1.807, 2.05) is 6.92 Å². The Hall–Kier alpha value is -1.84. The molecular formula is C12H14N2O2. The average molecular weight is 218 g/mol. The first kappa shape index (κ1) is 10.7. The minimum Gasteiger partial charge on any atom is -0.441 e. The first-order valence-electron chi connectivity index (χ1n) is 5.36. The van der Waals surface area contributed by atoms with E-state index in [2.05, 4.69) is 10.3 Å². The van der Waals surface area contributed by atoms with E-state index in [9.17, 15) is 4.79 Å². The topological polar surface area (TPSA) is 55.1 Å². The number of benzene rings is 1. The largest absolute Gasteiger partial charge is 0.441 e. The lowest BCUT2D eigenvalue weighted by Crippen LogP contribution is -2.23.